The molecule has 1 aromatic carbocycles. The third-order valence-corrected chi connectivity index (χ3v) is 3.36. The Hall–Kier alpha value is -1.07. The quantitative estimate of drug-likeness (QED) is 0.834. The SMILES string of the molecule is Cc1cccc(CN2CCN(CC(F)(F)F)CC2)c1. The normalized spacial score (nSPS) is 18.7. The van der Waals surface area contributed by atoms with Crippen LogP contribution in [0.2, 0.25) is 0 Å². The van der Waals surface area contributed by atoms with Crippen molar-refractivity contribution in [2.24, 2.45) is 0 Å². The molecule has 0 bridgehead atoms. The fourth-order valence-electron chi connectivity index (χ4n) is 2.43. The summed E-state index contributed by atoms with van der Waals surface area (Å²) in [5, 5.41) is 0. The number of benzene rings is 1. The van der Waals surface area contributed by atoms with Crippen LogP contribution in [0.1, 0.15) is 11.1 Å². The number of halogens is 3. The van der Waals surface area contributed by atoms with Gasteiger partial charge in [0.15, 0.2) is 0 Å². The van der Waals surface area contributed by atoms with Gasteiger partial charge in [-0.15, -0.1) is 0 Å². The van der Waals surface area contributed by atoms with Crippen molar-refractivity contribution >= 4 is 0 Å². The van der Waals surface area contributed by atoms with Crippen LogP contribution in [0.3, 0.4) is 0 Å². The van der Waals surface area contributed by atoms with Crippen LogP contribution in [-0.4, -0.2) is 48.7 Å². The second kappa shape index (κ2) is 5.92. The lowest BCUT2D eigenvalue weighted by molar-refractivity contribution is -0.149. The molecular formula is C14H19F3N2. The van der Waals surface area contributed by atoms with Gasteiger partial charge < -0.3 is 0 Å². The summed E-state index contributed by atoms with van der Waals surface area (Å²) in [4.78, 5) is 3.69. The molecule has 1 fully saturated rings. The first-order valence-electron chi connectivity index (χ1n) is 6.49. The molecule has 5 heteroatoms. The van der Waals surface area contributed by atoms with E-state index in [0.29, 0.717) is 26.2 Å². The number of aryl methyl sites for hydroxylation is 1. The Labute approximate surface area is 111 Å². The summed E-state index contributed by atoms with van der Waals surface area (Å²) >= 11 is 0. The van der Waals surface area contributed by atoms with E-state index >= 15 is 0 Å². The Morgan fingerprint density at radius 1 is 1.05 bits per heavy atom. The van der Waals surface area contributed by atoms with Crippen LogP contribution in [0.15, 0.2) is 24.3 Å². The van der Waals surface area contributed by atoms with Gasteiger partial charge in [0.25, 0.3) is 0 Å². The van der Waals surface area contributed by atoms with Gasteiger partial charge in [-0.1, -0.05) is 29.8 Å². The molecule has 0 atom stereocenters. The molecule has 1 aromatic rings. The molecule has 1 aliphatic heterocycles. The highest BCUT2D eigenvalue weighted by Crippen LogP contribution is 2.18. The van der Waals surface area contributed by atoms with E-state index in [0.717, 1.165) is 6.54 Å². The Bertz CT molecular complexity index is 409. The average Bonchev–Trinajstić information content (AvgIpc) is 2.30. The van der Waals surface area contributed by atoms with E-state index in [1.165, 1.54) is 16.0 Å². The molecule has 19 heavy (non-hydrogen) atoms. The second-order valence-corrected chi connectivity index (χ2v) is 5.16. The summed E-state index contributed by atoms with van der Waals surface area (Å²) in [5.74, 6) is 0. The van der Waals surface area contributed by atoms with Crippen LogP contribution in [0.5, 0.6) is 0 Å². The van der Waals surface area contributed by atoms with E-state index in [1.54, 1.807) is 0 Å². The molecule has 2 nitrogen and oxygen atoms in total. The number of hydrogen-bond acceptors (Lipinski definition) is 2. The molecule has 1 aliphatic rings. The van der Waals surface area contributed by atoms with E-state index < -0.39 is 12.7 Å². The summed E-state index contributed by atoms with van der Waals surface area (Å²) in [5.41, 5.74) is 2.44. The minimum absolute atomic E-state index is 0.491. The van der Waals surface area contributed by atoms with Gasteiger partial charge in [-0.2, -0.15) is 13.2 Å². The fourth-order valence-corrected chi connectivity index (χ4v) is 2.43. The number of hydrogen-bond donors (Lipinski definition) is 0. The molecule has 0 spiro atoms. The van der Waals surface area contributed by atoms with Gasteiger partial charge in [0.2, 0.25) is 0 Å². The highest BCUT2D eigenvalue weighted by Gasteiger charge is 2.31. The molecule has 106 valence electrons. The maximum absolute atomic E-state index is 12.3. The molecule has 1 saturated heterocycles. The molecule has 0 unspecified atom stereocenters. The number of nitrogens with zero attached hydrogens (tertiary/aromatic N) is 2. The van der Waals surface area contributed by atoms with Crippen LogP contribution in [0.4, 0.5) is 13.2 Å². The van der Waals surface area contributed by atoms with Gasteiger partial charge in [0.1, 0.15) is 0 Å². The molecule has 0 aliphatic carbocycles. The first kappa shape index (κ1) is 14.3. The van der Waals surface area contributed by atoms with E-state index in [1.807, 2.05) is 19.1 Å². The predicted molar refractivity (Wildman–Crippen MR) is 69.0 cm³/mol. The summed E-state index contributed by atoms with van der Waals surface area (Å²) in [6, 6.07) is 8.26. The van der Waals surface area contributed by atoms with E-state index in [9.17, 15) is 13.2 Å². The van der Waals surface area contributed by atoms with Gasteiger partial charge >= 0.3 is 6.18 Å². The van der Waals surface area contributed by atoms with Crippen LogP contribution < -0.4 is 0 Å². The molecule has 0 N–H and O–H groups in total. The van der Waals surface area contributed by atoms with Crippen molar-refractivity contribution in [2.45, 2.75) is 19.6 Å². The summed E-state index contributed by atoms with van der Waals surface area (Å²) < 4.78 is 36.8. The van der Waals surface area contributed by atoms with Crippen LogP contribution in [-0.2, 0) is 6.54 Å². The zero-order valence-electron chi connectivity index (χ0n) is 11.1. The minimum atomic E-state index is -4.08. The zero-order chi connectivity index (χ0) is 13.9. The van der Waals surface area contributed by atoms with E-state index in [-0.39, 0.29) is 0 Å². The van der Waals surface area contributed by atoms with Gasteiger partial charge in [-0.25, -0.2) is 0 Å². The van der Waals surface area contributed by atoms with Crippen molar-refractivity contribution in [2.75, 3.05) is 32.7 Å². The Morgan fingerprint density at radius 2 is 1.68 bits per heavy atom. The molecule has 2 rings (SSSR count). The molecule has 0 amide bonds. The highest BCUT2D eigenvalue weighted by atomic mass is 19.4. The van der Waals surface area contributed by atoms with Crippen molar-refractivity contribution in [1.82, 2.24) is 9.80 Å². The second-order valence-electron chi connectivity index (χ2n) is 5.16. The van der Waals surface area contributed by atoms with Crippen molar-refractivity contribution in [3.05, 3.63) is 35.4 Å². The van der Waals surface area contributed by atoms with Gasteiger partial charge in [0, 0.05) is 32.7 Å². The first-order valence-corrected chi connectivity index (χ1v) is 6.49. The number of rotatable bonds is 3. The lowest BCUT2D eigenvalue weighted by atomic mass is 10.1. The molecule has 0 radical (unpaired) electrons. The van der Waals surface area contributed by atoms with Gasteiger partial charge in [-0.05, 0) is 12.5 Å². The van der Waals surface area contributed by atoms with Crippen molar-refractivity contribution < 1.29 is 13.2 Å². The van der Waals surface area contributed by atoms with E-state index in [2.05, 4.69) is 17.0 Å². The summed E-state index contributed by atoms with van der Waals surface area (Å²) in [7, 11) is 0. The summed E-state index contributed by atoms with van der Waals surface area (Å²) in [6.45, 7) is 4.46. The predicted octanol–water partition coefficient (Wildman–Crippen LogP) is 2.67. The zero-order valence-corrected chi connectivity index (χ0v) is 11.1. The smallest absolute Gasteiger partial charge is 0.297 e. The van der Waals surface area contributed by atoms with Crippen molar-refractivity contribution in [3.63, 3.8) is 0 Å². The lowest BCUT2D eigenvalue weighted by Gasteiger charge is -2.35. The van der Waals surface area contributed by atoms with Gasteiger partial charge in [0.05, 0.1) is 6.54 Å². The minimum Gasteiger partial charge on any atom is -0.297 e. The number of alkyl halides is 3. The highest BCUT2D eigenvalue weighted by molar-refractivity contribution is 5.22. The molecule has 0 aromatic heterocycles. The van der Waals surface area contributed by atoms with E-state index in [4.69, 9.17) is 0 Å². The summed E-state index contributed by atoms with van der Waals surface area (Å²) in [6.07, 6.45) is -4.08. The monoisotopic (exact) mass is 272 g/mol. The van der Waals surface area contributed by atoms with Crippen molar-refractivity contribution in [1.29, 1.82) is 0 Å². The topological polar surface area (TPSA) is 6.48 Å². The molecule has 0 saturated carbocycles. The number of piperazine rings is 1. The molecular weight excluding hydrogens is 253 g/mol. The van der Waals surface area contributed by atoms with Gasteiger partial charge in [-0.3, -0.25) is 9.80 Å². The first-order chi connectivity index (χ1) is 8.92. The third kappa shape index (κ3) is 4.84. The van der Waals surface area contributed by atoms with Crippen molar-refractivity contribution in [3.8, 4) is 0 Å². The average molecular weight is 272 g/mol. The van der Waals surface area contributed by atoms with Crippen LogP contribution >= 0.6 is 0 Å². The maximum Gasteiger partial charge on any atom is 0.401 e. The fraction of sp³-hybridized carbons (Fsp3) is 0.571. The Balaban J connectivity index is 1.80. The largest absolute Gasteiger partial charge is 0.401 e. The van der Waals surface area contributed by atoms with Crippen LogP contribution in [0.25, 0.3) is 0 Å². The maximum atomic E-state index is 12.3. The lowest BCUT2D eigenvalue weighted by Crippen LogP contribution is -2.48. The third-order valence-electron chi connectivity index (χ3n) is 3.36. The van der Waals surface area contributed by atoms with Crippen LogP contribution in [0, 0.1) is 6.92 Å². The molecule has 1 heterocycles. The Kier molecular flexibility index (Phi) is 4.47. The standard InChI is InChI=1S/C14H19F3N2/c1-12-3-2-4-13(9-12)10-18-5-7-19(8-6-18)11-14(15,16)17/h2-4,9H,5-8,10-11H2,1H3. The Morgan fingerprint density at radius 3 is 2.26 bits per heavy atom.